The summed E-state index contributed by atoms with van der Waals surface area (Å²) in [7, 11) is 0. The van der Waals surface area contributed by atoms with Gasteiger partial charge in [-0.1, -0.05) is 27.2 Å². The number of carbonyl (C=O) groups excluding carboxylic acids is 1. The van der Waals surface area contributed by atoms with E-state index >= 15 is 0 Å². The molecule has 112 valence electrons. The fourth-order valence-corrected chi connectivity index (χ4v) is 3.18. The van der Waals surface area contributed by atoms with Crippen molar-refractivity contribution >= 4 is 17.5 Å². The van der Waals surface area contributed by atoms with Crippen molar-refractivity contribution in [1.29, 1.82) is 0 Å². The van der Waals surface area contributed by atoms with E-state index < -0.39 is 0 Å². The maximum Gasteiger partial charge on any atom is 0.220 e. The van der Waals surface area contributed by atoms with Crippen molar-refractivity contribution in [2.24, 2.45) is 11.3 Å². The van der Waals surface area contributed by atoms with Crippen molar-refractivity contribution in [2.75, 3.05) is 5.88 Å². The summed E-state index contributed by atoms with van der Waals surface area (Å²) in [5.74, 6) is 1.69. The third-order valence-corrected chi connectivity index (χ3v) is 5.16. The maximum atomic E-state index is 11.8. The van der Waals surface area contributed by atoms with Crippen LogP contribution in [0.2, 0.25) is 0 Å². The molecule has 1 N–H and O–H groups in total. The Morgan fingerprint density at radius 2 is 1.84 bits per heavy atom. The van der Waals surface area contributed by atoms with Crippen LogP contribution in [-0.2, 0) is 4.79 Å². The Morgan fingerprint density at radius 3 is 2.37 bits per heavy atom. The fraction of sp³-hybridized carbons (Fsp3) is 0.938. The largest absolute Gasteiger partial charge is 0.353 e. The van der Waals surface area contributed by atoms with Crippen LogP contribution in [0.4, 0.5) is 0 Å². The number of hydrogen-bond donors (Lipinski definition) is 1. The summed E-state index contributed by atoms with van der Waals surface area (Å²) < 4.78 is 0. The van der Waals surface area contributed by atoms with Crippen molar-refractivity contribution in [1.82, 2.24) is 5.32 Å². The molecule has 0 bridgehead atoms. The maximum absolute atomic E-state index is 11.8. The Morgan fingerprint density at radius 1 is 1.21 bits per heavy atom. The van der Waals surface area contributed by atoms with E-state index in [4.69, 9.17) is 11.6 Å². The molecule has 0 aromatic carbocycles. The zero-order valence-electron chi connectivity index (χ0n) is 12.8. The van der Waals surface area contributed by atoms with E-state index in [1.807, 2.05) is 0 Å². The Hall–Kier alpha value is -0.240. The van der Waals surface area contributed by atoms with Crippen LogP contribution in [0.3, 0.4) is 0 Å². The Kier molecular flexibility index (Phi) is 7.20. The molecular formula is C16H30ClNO. The molecule has 0 aromatic heterocycles. The molecule has 3 heteroatoms. The van der Waals surface area contributed by atoms with Crippen molar-refractivity contribution in [2.45, 2.75) is 78.2 Å². The quantitative estimate of drug-likeness (QED) is 0.542. The second kappa shape index (κ2) is 8.14. The molecule has 0 radical (unpaired) electrons. The van der Waals surface area contributed by atoms with E-state index in [1.54, 1.807) is 0 Å². The lowest BCUT2D eigenvalue weighted by molar-refractivity contribution is -0.122. The standard InChI is InChI=1S/C16H30ClNO/c1-4-16(2,3)13-8-10-14(11-9-13)18-15(19)7-5-6-12-17/h13-14H,4-12H2,1-3H3,(H,18,19). The molecule has 0 unspecified atom stereocenters. The van der Waals surface area contributed by atoms with Crippen LogP contribution in [0.25, 0.3) is 0 Å². The van der Waals surface area contributed by atoms with Crippen molar-refractivity contribution in [3.05, 3.63) is 0 Å². The molecule has 0 spiro atoms. The predicted molar refractivity (Wildman–Crippen MR) is 82.5 cm³/mol. The first-order valence-electron chi connectivity index (χ1n) is 7.85. The Bertz CT molecular complexity index is 270. The first kappa shape index (κ1) is 16.8. The highest BCUT2D eigenvalue weighted by Crippen LogP contribution is 2.40. The summed E-state index contributed by atoms with van der Waals surface area (Å²) in [6.45, 7) is 7.04. The summed E-state index contributed by atoms with van der Waals surface area (Å²) in [6.07, 6.45) is 8.53. The molecule has 1 aliphatic rings. The van der Waals surface area contributed by atoms with Gasteiger partial charge in [0.25, 0.3) is 0 Å². The molecule has 0 saturated heterocycles. The normalized spacial score (nSPS) is 24.2. The Labute approximate surface area is 123 Å². The summed E-state index contributed by atoms with van der Waals surface area (Å²) in [5.41, 5.74) is 0.454. The van der Waals surface area contributed by atoms with Crippen molar-refractivity contribution in [3.8, 4) is 0 Å². The van der Waals surface area contributed by atoms with Crippen molar-refractivity contribution in [3.63, 3.8) is 0 Å². The number of alkyl halides is 1. The lowest BCUT2D eigenvalue weighted by Crippen LogP contribution is -2.39. The number of carbonyl (C=O) groups is 1. The summed E-state index contributed by atoms with van der Waals surface area (Å²) >= 11 is 5.62. The summed E-state index contributed by atoms with van der Waals surface area (Å²) in [4.78, 5) is 11.8. The molecule has 0 heterocycles. The third-order valence-electron chi connectivity index (χ3n) is 4.90. The van der Waals surface area contributed by atoms with Crippen LogP contribution in [0.15, 0.2) is 0 Å². The minimum atomic E-state index is 0.211. The topological polar surface area (TPSA) is 29.1 Å². The van der Waals surface area contributed by atoms with E-state index in [1.165, 1.54) is 19.3 Å². The average Bonchev–Trinajstić information content (AvgIpc) is 2.39. The SMILES string of the molecule is CCC(C)(C)C1CCC(NC(=O)CCCCCl)CC1. The second-order valence-corrected chi connectivity index (χ2v) is 6.98. The zero-order valence-corrected chi connectivity index (χ0v) is 13.6. The molecule has 19 heavy (non-hydrogen) atoms. The highest BCUT2D eigenvalue weighted by molar-refractivity contribution is 6.17. The van der Waals surface area contributed by atoms with Crippen LogP contribution < -0.4 is 5.32 Å². The first-order chi connectivity index (χ1) is 8.99. The van der Waals surface area contributed by atoms with Gasteiger partial charge < -0.3 is 5.32 Å². The number of unbranched alkanes of at least 4 members (excludes halogenated alkanes) is 1. The monoisotopic (exact) mass is 287 g/mol. The van der Waals surface area contributed by atoms with Gasteiger partial charge in [-0.2, -0.15) is 0 Å². The highest BCUT2D eigenvalue weighted by Gasteiger charge is 2.31. The van der Waals surface area contributed by atoms with Gasteiger partial charge in [-0.05, 0) is 49.9 Å². The van der Waals surface area contributed by atoms with Gasteiger partial charge in [-0.25, -0.2) is 0 Å². The summed E-state index contributed by atoms with van der Waals surface area (Å²) in [6, 6.07) is 0.410. The molecule has 1 rings (SSSR count). The number of rotatable bonds is 7. The van der Waals surface area contributed by atoms with Crippen LogP contribution in [0.1, 0.15) is 72.1 Å². The van der Waals surface area contributed by atoms with Gasteiger partial charge in [-0.15, -0.1) is 11.6 Å². The zero-order chi connectivity index (χ0) is 14.3. The van der Waals surface area contributed by atoms with E-state index in [0.29, 0.717) is 23.8 Å². The van der Waals surface area contributed by atoms with Gasteiger partial charge in [0, 0.05) is 18.3 Å². The molecule has 0 aliphatic heterocycles. The van der Waals surface area contributed by atoms with Gasteiger partial charge in [0.15, 0.2) is 0 Å². The van der Waals surface area contributed by atoms with Crippen LogP contribution >= 0.6 is 11.6 Å². The van der Waals surface area contributed by atoms with E-state index in [-0.39, 0.29) is 5.91 Å². The molecular weight excluding hydrogens is 258 g/mol. The van der Waals surface area contributed by atoms with Gasteiger partial charge in [0.05, 0.1) is 0 Å². The van der Waals surface area contributed by atoms with Crippen LogP contribution in [0, 0.1) is 11.3 Å². The third kappa shape index (κ3) is 5.72. The smallest absolute Gasteiger partial charge is 0.220 e. The predicted octanol–water partition coefficient (Wildman–Crippen LogP) is 4.51. The molecule has 0 atom stereocenters. The van der Waals surface area contributed by atoms with E-state index in [9.17, 15) is 4.79 Å². The van der Waals surface area contributed by atoms with Crippen LogP contribution in [0.5, 0.6) is 0 Å². The second-order valence-electron chi connectivity index (χ2n) is 6.60. The van der Waals surface area contributed by atoms with Gasteiger partial charge in [0.2, 0.25) is 5.91 Å². The molecule has 0 aromatic rings. The van der Waals surface area contributed by atoms with Crippen molar-refractivity contribution < 1.29 is 4.79 Å². The van der Waals surface area contributed by atoms with Gasteiger partial charge in [0.1, 0.15) is 0 Å². The summed E-state index contributed by atoms with van der Waals surface area (Å²) in [5, 5.41) is 3.19. The van der Waals surface area contributed by atoms with Crippen LogP contribution in [-0.4, -0.2) is 17.8 Å². The Balaban J connectivity index is 2.25. The number of halogens is 1. The van der Waals surface area contributed by atoms with Gasteiger partial charge >= 0.3 is 0 Å². The highest BCUT2D eigenvalue weighted by atomic mass is 35.5. The molecule has 1 amide bonds. The number of hydrogen-bond acceptors (Lipinski definition) is 1. The first-order valence-corrected chi connectivity index (χ1v) is 8.38. The minimum absolute atomic E-state index is 0.211. The number of nitrogens with one attached hydrogen (secondary N) is 1. The lowest BCUT2D eigenvalue weighted by Gasteiger charge is -2.39. The fourth-order valence-electron chi connectivity index (χ4n) is 2.99. The molecule has 2 nitrogen and oxygen atoms in total. The molecule has 1 fully saturated rings. The van der Waals surface area contributed by atoms with E-state index in [2.05, 4.69) is 26.1 Å². The molecule has 1 saturated carbocycles. The lowest BCUT2D eigenvalue weighted by atomic mass is 9.69. The number of amides is 1. The molecule has 1 aliphatic carbocycles. The average molecular weight is 288 g/mol. The minimum Gasteiger partial charge on any atom is -0.353 e. The van der Waals surface area contributed by atoms with Gasteiger partial charge in [-0.3, -0.25) is 4.79 Å². The van der Waals surface area contributed by atoms with E-state index in [0.717, 1.165) is 31.6 Å².